The number of hydrogen-bond acceptors (Lipinski definition) is 7. The number of aryl methyl sites for hydroxylation is 1. The highest BCUT2D eigenvalue weighted by molar-refractivity contribution is 6.76. The Labute approximate surface area is 250 Å². The molecule has 8 rings (SSSR count). The number of nitrogens with zero attached hydrogens (tertiary/aromatic N) is 6. The standard InChI is InChI=1S/C31H35ClN6O3Si/c1-20-35-24-6-5-23(11-27(24)38(20)19-39-9-10-42(2,3)4)41-28-8-7-25-30(29(28)32)36-26(15-33-25)22-14-34-37(16-22)18-31-12-21(13-31)17-40-31/h5-8,11,14-16,21H,9-10,12-13,17-19H2,1-4H3/t21-,31+. The molecule has 0 amide bonds. The normalized spacial score (nSPS) is 20.0. The van der Waals surface area contributed by atoms with Crippen molar-refractivity contribution in [3.8, 4) is 22.8 Å². The Morgan fingerprint density at radius 2 is 1.93 bits per heavy atom. The average molecular weight is 603 g/mol. The van der Waals surface area contributed by atoms with Gasteiger partial charge in [-0.25, -0.2) is 9.97 Å². The summed E-state index contributed by atoms with van der Waals surface area (Å²) in [6, 6.07) is 10.7. The second kappa shape index (κ2) is 10.4. The molecule has 0 spiro atoms. The van der Waals surface area contributed by atoms with Gasteiger partial charge >= 0.3 is 0 Å². The maximum Gasteiger partial charge on any atom is 0.148 e. The molecular weight excluding hydrogens is 568 g/mol. The van der Waals surface area contributed by atoms with Crippen LogP contribution in [0.3, 0.4) is 0 Å². The summed E-state index contributed by atoms with van der Waals surface area (Å²) in [4.78, 5) is 14.2. The van der Waals surface area contributed by atoms with Crippen molar-refractivity contribution >= 4 is 41.7 Å². The molecular formula is C31H35ClN6O3Si. The highest BCUT2D eigenvalue weighted by atomic mass is 35.5. The largest absolute Gasteiger partial charge is 0.456 e. The summed E-state index contributed by atoms with van der Waals surface area (Å²) in [6.07, 6.45) is 7.83. The van der Waals surface area contributed by atoms with Crippen molar-refractivity contribution in [2.75, 3.05) is 13.2 Å². The number of rotatable bonds is 10. The summed E-state index contributed by atoms with van der Waals surface area (Å²) < 4.78 is 22.3. The lowest BCUT2D eigenvalue weighted by atomic mass is 9.74. The van der Waals surface area contributed by atoms with E-state index in [-0.39, 0.29) is 5.60 Å². The fraction of sp³-hybridized carbons (Fsp3) is 0.419. The van der Waals surface area contributed by atoms with Crippen LogP contribution in [0.25, 0.3) is 33.3 Å². The fourth-order valence-corrected chi connectivity index (χ4v) is 6.93. The Bertz CT molecular complexity index is 1780. The van der Waals surface area contributed by atoms with Crippen molar-refractivity contribution in [3.63, 3.8) is 0 Å². The first-order valence-corrected chi connectivity index (χ1v) is 18.6. The van der Waals surface area contributed by atoms with Gasteiger partial charge in [-0.05, 0) is 56.0 Å². The summed E-state index contributed by atoms with van der Waals surface area (Å²) in [6.45, 7) is 11.9. The molecule has 5 heterocycles. The molecule has 2 saturated heterocycles. The molecule has 0 N–H and O–H groups in total. The fourth-order valence-electron chi connectivity index (χ4n) is 5.93. The monoisotopic (exact) mass is 602 g/mol. The Hall–Kier alpha value is -3.31. The third-order valence-electron chi connectivity index (χ3n) is 8.30. The summed E-state index contributed by atoms with van der Waals surface area (Å²) in [7, 11) is -1.15. The SMILES string of the molecule is Cc1nc2ccc(Oc3ccc4ncc(-c5cnn(C[C@]67C[C@H](CO6)C7)c5)nc4c3Cl)cc2n1COCC[Si](C)(C)C. The predicted molar refractivity (Wildman–Crippen MR) is 166 cm³/mol. The van der Waals surface area contributed by atoms with E-state index in [1.54, 1.807) is 6.20 Å². The topological polar surface area (TPSA) is 89.1 Å². The van der Waals surface area contributed by atoms with Crippen LogP contribution in [-0.4, -0.2) is 56.2 Å². The first kappa shape index (κ1) is 27.5. The van der Waals surface area contributed by atoms with Crippen molar-refractivity contribution < 1.29 is 14.2 Å². The van der Waals surface area contributed by atoms with E-state index in [1.807, 2.05) is 54.3 Å². The van der Waals surface area contributed by atoms with Crippen LogP contribution < -0.4 is 4.74 Å². The van der Waals surface area contributed by atoms with Crippen LogP contribution in [0, 0.1) is 12.8 Å². The minimum absolute atomic E-state index is 0.0430. The van der Waals surface area contributed by atoms with E-state index in [2.05, 4.69) is 34.3 Å². The molecule has 3 aliphatic rings. The smallest absolute Gasteiger partial charge is 0.148 e. The zero-order chi connectivity index (χ0) is 29.1. The van der Waals surface area contributed by atoms with E-state index in [0.717, 1.165) is 67.0 Å². The number of halogens is 1. The molecule has 3 fully saturated rings. The van der Waals surface area contributed by atoms with Gasteiger partial charge in [-0.1, -0.05) is 31.2 Å². The summed E-state index contributed by atoms with van der Waals surface area (Å²) >= 11 is 6.87. The van der Waals surface area contributed by atoms with Crippen molar-refractivity contribution in [1.82, 2.24) is 29.3 Å². The van der Waals surface area contributed by atoms with Crippen LogP contribution in [0.2, 0.25) is 30.7 Å². The molecule has 1 aliphatic carbocycles. The molecule has 9 nitrogen and oxygen atoms in total. The van der Waals surface area contributed by atoms with E-state index >= 15 is 0 Å². The summed E-state index contributed by atoms with van der Waals surface area (Å²) in [5, 5.41) is 4.98. The van der Waals surface area contributed by atoms with Gasteiger partial charge in [0.2, 0.25) is 0 Å². The molecule has 42 heavy (non-hydrogen) atoms. The summed E-state index contributed by atoms with van der Waals surface area (Å²) in [5.41, 5.74) is 4.67. The van der Waals surface area contributed by atoms with Crippen LogP contribution in [-0.2, 0) is 22.7 Å². The zero-order valence-electron chi connectivity index (χ0n) is 24.4. The highest BCUT2D eigenvalue weighted by Gasteiger charge is 2.52. The predicted octanol–water partition coefficient (Wildman–Crippen LogP) is 7.09. The molecule has 3 aromatic heterocycles. The van der Waals surface area contributed by atoms with Gasteiger partial charge in [-0.15, -0.1) is 0 Å². The highest BCUT2D eigenvalue weighted by Crippen LogP contribution is 2.49. The Balaban J connectivity index is 1.11. The molecule has 218 valence electrons. The van der Waals surface area contributed by atoms with E-state index in [1.165, 1.54) is 0 Å². The molecule has 2 aliphatic heterocycles. The number of hydrogen-bond donors (Lipinski definition) is 0. The second-order valence-corrected chi connectivity index (χ2v) is 18.9. The lowest BCUT2D eigenvalue weighted by Crippen LogP contribution is -2.40. The molecule has 0 atom stereocenters. The number of benzene rings is 2. The van der Waals surface area contributed by atoms with Crippen LogP contribution in [0.4, 0.5) is 0 Å². The van der Waals surface area contributed by atoms with Gasteiger partial charge in [-0.3, -0.25) is 9.67 Å². The van der Waals surface area contributed by atoms with Gasteiger partial charge in [0.05, 0.1) is 53.4 Å². The second-order valence-electron chi connectivity index (χ2n) is 12.9. The third-order valence-corrected chi connectivity index (χ3v) is 10.4. The molecule has 11 heteroatoms. The van der Waals surface area contributed by atoms with E-state index in [0.29, 0.717) is 40.0 Å². The summed E-state index contributed by atoms with van der Waals surface area (Å²) in [5.74, 6) is 2.79. The van der Waals surface area contributed by atoms with Gasteiger partial charge in [0.1, 0.15) is 34.6 Å². The Morgan fingerprint density at radius 1 is 1.10 bits per heavy atom. The van der Waals surface area contributed by atoms with Gasteiger partial charge in [0, 0.05) is 32.5 Å². The van der Waals surface area contributed by atoms with E-state index < -0.39 is 8.07 Å². The van der Waals surface area contributed by atoms with Crippen LogP contribution >= 0.6 is 11.6 Å². The van der Waals surface area contributed by atoms with Gasteiger partial charge in [-0.2, -0.15) is 5.10 Å². The van der Waals surface area contributed by atoms with Crippen LogP contribution in [0.15, 0.2) is 48.9 Å². The Morgan fingerprint density at radius 3 is 2.71 bits per heavy atom. The van der Waals surface area contributed by atoms with Crippen molar-refractivity contribution in [2.45, 2.75) is 64.3 Å². The van der Waals surface area contributed by atoms with Crippen LogP contribution in [0.5, 0.6) is 11.5 Å². The lowest BCUT2D eigenvalue weighted by Gasteiger charge is -2.35. The van der Waals surface area contributed by atoms with E-state index in [4.69, 9.17) is 35.8 Å². The molecule has 1 saturated carbocycles. The van der Waals surface area contributed by atoms with Gasteiger partial charge in [0.25, 0.3) is 0 Å². The van der Waals surface area contributed by atoms with Gasteiger partial charge < -0.3 is 18.8 Å². The number of fused-ring (bicyclic) bond motifs is 3. The lowest BCUT2D eigenvalue weighted by molar-refractivity contribution is -0.0163. The molecule has 2 bridgehead atoms. The Kier molecular flexibility index (Phi) is 6.84. The maximum absolute atomic E-state index is 6.87. The minimum Gasteiger partial charge on any atom is -0.456 e. The van der Waals surface area contributed by atoms with Crippen molar-refractivity contribution in [1.29, 1.82) is 0 Å². The first-order chi connectivity index (χ1) is 20.1. The number of aromatic nitrogens is 6. The quantitative estimate of drug-likeness (QED) is 0.124. The number of imidazole rings is 1. The van der Waals surface area contributed by atoms with Crippen molar-refractivity contribution in [3.05, 3.63) is 59.8 Å². The molecule has 0 radical (unpaired) electrons. The van der Waals surface area contributed by atoms with Crippen molar-refractivity contribution in [2.24, 2.45) is 5.92 Å². The van der Waals surface area contributed by atoms with Gasteiger partial charge in [0.15, 0.2) is 0 Å². The average Bonchev–Trinajstić information content (AvgIpc) is 3.72. The van der Waals surface area contributed by atoms with Crippen LogP contribution in [0.1, 0.15) is 18.7 Å². The third kappa shape index (κ3) is 5.32. The molecule has 0 unspecified atom stereocenters. The maximum atomic E-state index is 6.87. The van der Waals surface area contributed by atoms with E-state index in [9.17, 15) is 0 Å². The molecule has 2 aromatic carbocycles. The zero-order valence-corrected chi connectivity index (χ0v) is 26.2. The molecule has 5 aromatic rings. The minimum atomic E-state index is -1.15. The first-order valence-electron chi connectivity index (χ1n) is 14.5. The number of ether oxygens (including phenoxy) is 3.